The Bertz CT molecular complexity index is 339. The van der Waals surface area contributed by atoms with E-state index < -0.39 is 5.82 Å². The van der Waals surface area contributed by atoms with E-state index in [1.807, 2.05) is 0 Å². The third-order valence-electron chi connectivity index (χ3n) is 1.49. The Morgan fingerprint density at radius 2 is 2.23 bits per heavy atom. The lowest BCUT2D eigenvalue weighted by Crippen LogP contribution is -1.92. The lowest BCUT2D eigenvalue weighted by atomic mass is 10.2. The summed E-state index contributed by atoms with van der Waals surface area (Å²) < 4.78 is 12.8. The summed E-state index contributed by atoms with van der Waals surface area (Å²) in [5.74, 6) is -0.618. The van der Waals surface area contributed by atoms with Crippen molar-refractivity contribution in [2.24, 2.45) is 5.73 Å². The number of benzene rings is 1. The maximum Gasteiger partial charge on any atom is 0.141 e. The molecule has 0 fully saturated rings. The minimum atomic E-state index is -0.487. The molecule has 0 unspecified atom stereocenters. The van der Waals surface area contributed by atoms with E-state index in [-0.39, 0.29) is 10.8 Å². The van der Waals surface area contributed by atoms with Crippen LogP contribution in [-0.4, -0.2) is 11.7 Å². The molecular weight excluding hydrogens is 193 g/mol. The Balaban J connectivity index is 3.12. The molecule has 0 saturated carbocycles. The smallest absolute Gasteiger partial charge is 0.141 e. The standard InChI is InChI=1S/C9H9ClFNO/c10-8-5-7(11)4-6(9(8)13)2-1-3-12/h1-2,4-5,13H,3,12H2/b2-1+. The molecule has 0 amide bonds. The number of nitrogens with two attached hydrogens (primary N) is 1. The first-order chi connectivity index (χ1) is 6.15. The third kappa shape index (κ3) is 2.44. The quantitative estimate of drug-likeness (QED) is 0.770. The molecule has 0 bridgehead atoms. The predicted octanol–water partition coefficient (Wildman–Crippen LogP) is 2.16. The second-order valence-electron chi connectivity index (χ2n) is 2.46. The van der Waals surface area contributed by atoms with Crippen LogP contribution in [0.25, 0.3) is 6.08 Å². The van der Waals surface area contributed by atoms with Gasteiger partial charge in [-0.2, -0.15) is 0 Å². The van der Waals surface area contributed by atoms with Crippen molar-refractivity contribution in [3.63, 3.8) is 0 Å². The SMILES string of the molecule is NC/C=C/c1cc(F)cc(Cl)c1O. The number of phenols is 1. The van der Waals surface area contributed by atoms with Crippen LogP contribution in [0.2, 0.25) is 5.02 Å². The summed E-state index contributed by atoms with van der Waals surface area (Å²) in [6.07, 6.45) is 3.12. The van der Waals surface area contributed by atoms with Gasteiger partial charge in [0.05, 0.1) is 5.02 Å². The van der Waals surface area contributed by atoms with Crippen molar-refractivity contribution < 1.29 is 9.50 Å². The van der Waals surface area contributed by atoms with Crippen molar-refractivity contribution in [2.75, 3.05) is 6.54 Å². The van der Waals surface area contributed by atoms with E-state index in [0.717, 1.165) is 6.07 Å². The maximum atomic E-state index is 12.8. The highest BCUT2D eigenvalue weighted by Gasteiger charge is 2.05. The summed E-state index contributed by atoms with van der Waals surface area (Å²) in [5, 5.41) is 9.35. The van der Waals surface area contributed by atoms with Crippen LogP contribution in [0.15, 0.2) is 18.2 Å². The molecule has 0 saturated heterocycles. The largest absolute Gasteiger partial charge is 0.506 e. The number of rotatable bonds is 2. The third-order valence-corrected chi connectivity index (χ3v) is 1.78. The Morgan fingerprint density at radius 1 is 1.54 bits per heavy atom. The molecule has 70 valence electrons. The van der Waals surface area contributed by atoms with Gasteiger partial charge < -0.3 is 10.8 Å². The molecule has 1 aromatic rings. The van der Waals surface area contributed by atoms with Crippen molar-refractivity contribution in [1.82, 2.24) is 0 Å². The summed E-state index contributed by atoms with van der Waals surface area (Å²) in [4.78, 5) is 0. The summed E-state index contributed by atoms with van der Waals surface area (Å²) in [6.45, 7) is 0.327. The molecule has 1 rings (SSSR count). The first-order valence-electron chi connectivity index (χ1n) is 3.69. The molecule has 0 radical (unpaired) electrons. The zero-order chi connectivity index (χ0) is 9.84. The molecule has 0 heterocycles. The summed E-state index contributed by atoms with van der Waals surface area (Å²) in [6, 6.07) is 2.24. The van der Waals surface area contributed by atoms with E-state index in [2.05, 4.69) is 0 Å². The lowest BCUT2D eigenvalue weighted by Gasteiger charge is -2.01. The van der Waals surface area contributed by atoms with Gasteiger partial charge in [-0.15, -0.1) is 0 Å². The van der Waals surface area contributed by atoms with Crippen LogP contribution in [0.5, 0.6) is 5.75 Å². The zero-order valence-electron chi connectivity index (χ0n) is 6.80. The topological polar surface area (TPSA) is 46.2 Å². The molecule has 13 heavy (non-hydrogen) atoms. The van der Waals surface area contributed by atoms with E-state index in [0.29, 0.717) is 12.1 Å². The van der Waals surface area contributed by atoms with E-state index in [4.69, 9.17) is 17.3 Å². The Kier molecular flexibility index (Phi) is 3.28. The maximum absolute atomic E-state index is 12.8. The van der Waals surface area contributed by atoms with Gasteiger partial charge in [-0.25, -0.2) is 4.39 Å². The van der Waals surface area contributed by atoms with Crippen LogP contribution in [-0.2, 0) is 0 Å². The first kappa shape index (κ1) is 10.0. The van der Waals surface area contributed by atoms with E-state index in [1.54, 1.807) is 6.08 Å². The minimum absolute atomic E-state index is 0.00308. The van der Waals surface area contributed by atoms with Crippen LogP contribution in [0.4, 0.5) is 4.39 Å². The monoisotopic (exact) mass is 201 g/mol. The first-order valence-corrected chi connectivity index (χ1v) is 4.07. The van der Waals surface area contributed by atoms with Gasteiger partial charge in [0, 0.05) is 12.1 Å². The fraction of sp³-hybridized carbons (Fsp3) is 0.111. The number of hydrogen-bond acceptors (Lipinski definition) is 2. The number of halogens is 2. The number of aromatic hydroxyl groups is 1. The highest BCUT2D eigenvalue weighted by Crippen LogP contribution is 2.29. The second-order valence-corrected chi connectivity index (χ2v) is 2.87. The molecule has 0 aliphatic carbocycles. The molecule has 0 aliphatic rings. The fourth-order valence-corrected chi connectivity index (χ4v) is 1.12. The molecule has 0 atom stereocenters. The molecular formula is C9H9ClFNO. The van der Waals surface area contributed by atoms with Crippen molar-refractivity contribution in [3.05, 3.63) is 34.6 Å². The molecule has 0 spiro atoms. The normalized spacial score (nSPS) is 11.0. The van der Waals surface area contributed by atoms with Gasteiger partial charge in [0.15, 0.2) is 0 Å². The number of hydrogen-bond donors (Lipinski definition) is 2. The van der Waals surface area contributed by atoms with Crippen LogP contribution in [0.1, 0.15) is 5.56 Å². The van der Waals surface area contributed by atoms with E-state index in [1.165, 1.54) is 12.1 Å². The van der Waals surface area contributed by atoms with Gasteiger partial charge in [0.1, 0.15) is 11.6 Å². The van der Waals surface area contributed by atoms with Gasteiger partial charge in [0.2, 0.25) is 0 Å². The van der Waals surface area contributed by atoms with Crippen LogP contribution >= 0.6 is 11.6 Å². The molecule has 4 heteroatoms. The van der Waals surface area contributed by atoms with Gasteiger partial charge in [0.25, 0.3) is 0 Å². The summed E-state index contributed by atoms with van der Waals surface area (Å²) >= 11 is 5.54. The number of phenolic OH excluding ortho intramolecular Hbond substituents is 1. The van der Waals surface area contributed by atoms with E-state index in [9.17, 15) is 9.50 Å². The fourth-order valence-electron chi connectivity index (χ4n) is 0.908. The molecule has 3 N–H and O–H groups in total. The average molecular weight is 202 g/mol. The summed E-state index contributed by atoms with van der Waals surface area (Å²) in [7, 11) is 0. The Hall–Kier alpha value is -1.06. The van der Waals surface area contributed by atoms with Gasteiger partial charge in [-0.05, 0) is 12.1 Å². The molecule has 2 nitrogen and oxygen atoms in total. The highest BCUT2D eigenvalue weighted by molar-refractivity contribution is 6.32. The van der Waals surface area contributed by atoms with Crippen LogP contribution in [0, 0.1) is 5.82 Å². The van der Waals surface area contributed by atoms with Gasteiger partial charge in [-0.1, -0.05) is 23.8 Å². The zero-order valence-corrected chi connectivity index (χ0v) is 7.55. The molecule has 0 aromatic heterocycles. The van der Waals surface area contributed by atoms with Crippen LogP contribution < -0.4 is 5.73 Å². The molecule has 1 aromatic carbocycles. The second kappa shape index (κ2) is 4.25. The van der Waals surface area contributed by atoms with E-state index >= 15 is 0 Å². The Morgan fingerprint density at radius 3 is 2.85 bits per heavy atom. The molecule has 0 aliphatic heterocycles. The minimum Gasteiger partial charge on any atom is -0.506 e. The summed E-state index contributed by atoms with van der Waals surface area (Å²) in [5.41, 5.74) is 5.54. The van der Waals surface area contributed by atoms with Crippen molar-refractivity contribution in [3.8, 4) is 5.75 Å². The predicted molar refractivity (Wildman–Crippen MR) is 51.2 cm³/mol. The highest BCUT2D eigenvalue weighted by atomic mass is 35.5. The van der Waals surface area contributed by atoms with Gasteiger partial charge in [-0.3, -0.25) is 0 Å². The lowest BCUT2D eigenvalue weighted by molar-refractivity contribution is 0.472. The van der Waals surface area contributed by atoms with Crippen molar-refractivity contribution in [1.29, 1.82) is 0 Å². The average Bonchev–Trinajstić information content (AvgIpc) is 2.09. The Labute approximate surface area is 80.4 Å². The van der Waals surface area contributed by atoms with Crippen LogP contribution in [0.3, 0.4) is 0 Å². The van der Waals surface area contributed by atoms with Crippen molar-refractivity contribution in [2.45, 2.75) is 0 Å². The van der Waals surface area contributed by atoms with Crippen molar-refractivity contribution >= 4 is 17.7 Å². The van der Waals surface area contributed by atoms with Gasteiger partial charge >= 0.3 is 0 Å².